The van der Waals surface area contributed by atoms with Gasteiger partial charge in [0.15, 0.2) is 5.96 Å². The zero-order chi connectivity index (χ0) is 21.5. The number of anilines is 1. The molecule has 0 aliphatic carbocycles. The third-order valence-corrected chi connectivity index (χ3v) is 6.36. The Hall–Kier alpha value is -2.79. The maximum Gasteiger partial charge on any atom is 0.191 e. The van der Waals surface area contributed by atoms with E-state index < -0.39 is 0 Å². The van der Waals surface area contributed by atoms with E-state index in [2.05, 4.69) is 99.1 Å². The van der Waals surface area contributed by atoms with Gasteiger partial charge in [-0.05, 0) is 43.0 Å². The van der Waals surface area contributed by atoms with Gasteiger partial charge in [-0.15, -0.1) is 0 Å². The largest absolute Gasteiger partial charge is 0.364 e. The van der Waals surface area contributed by atoms with Crippen LogP contribution in [0.1, 0.15) is 30.9 Å². The van der Waals surface area contributed by atoms with Gasteiger partial charge in [0.25, 0.3) is 0 Å². The maximum absolute atomic E-state index is 4.47. The summed E-state index contributed by atoms with van der Waals surface area (Å²) in [5.74, 6) is 0.891. The zero-order valence-corrected chi connectivity index (χ0v) is 18.8. The van der Waals surface area contributed by atoms with Crippen molar-refractivity contribution in [1.82, 2.24) is 15.5 Å². The smallest absolute Gasteiger partial charge is 0.191 e. The number of hydrogen-bond acceptors (Lipinski definition) is 3. The average Bonchev–Trinajstić information content (AvgIpc) is 3.34. The monoisotopic (exact) mass is 417 g/mol. The molecule has 2 heterocycles. The van der Waals surface area contributed by atoms with Crippen LogP contribution < -0.4 is 15.5 Å². The third kappa shape index (κ3) is 5.88. The molecule has 2 aromatic carbocycles. The highest BCUT2D eigenvalue weighted by molar-refractivity contribution is 5.80. The number of aliphatic imine (C=N–C) groups is 1. The number of likely N-dealkylation sites (tertiary alicyclic amines) is 1. The predicted octanol–water partition coefficient (Wildman–Crippen LogP) is 3.78. The van der Waals surface area contributed by atoms with Gasteiger partial charge in [-0.3, -0.25) is 9.89 Å². The molecule has 31 heavy (non-hydrogen) atoms. The van der Waals surface area contributed by atoms with Gasteiger partial charge in [-0.25, -0.2) is 0 Å². The highest BCUT2D eigenvalue weighted by Gasteiger charge is 2.26. The summed E-state index contributed by atoms with van der Waals surface area (Å²) in [6.07, 6.45) is 6.71. The number of piperidine rings is 1. The van der Waals surface area contributed by atoms with Gasteiger partial charge >= 0.3 is 0 Å². The Labute approximate surface area is 186 Å². The average molecular weight is 418 g/mol. The van der Waals surface area contributed by atoms with E-state index in [4.69, 9.17) is 0 Å². The molecule has 2 atom stereocenters. The maximum atomic E-state index is 4.47. The van der Waals surface area contributed by atoms with Crippen LogP contribution in [0.2, 0.25) is 0 Å². The van der Waals surface area contributed by atoms with Crippen molar-refractivity contribution in [2.75, 3.05) is 31.6 Å². The summed E-state index contributed by atoms with van der Waals surface area (Å²) in [4.78, 5) is 9.43. The van der Waals surface area contributed by atoms with Crippen LogP contribution in [0.15, 0.2) is 71.7 Å². The van der Waals surface area contributed by atoms with Gasteiger partial charge in [0, 0.05) is 57.5 Å². The minimum absolute atomic E-state index is 0.454. The lowest BCUT2D eigenvalue weighted by Crippen LogP contribution is -2.51. The summed E-state index contributed by atoms with van der Waals surface area (Å²) >= 11 is 0. The van der Waals surface area contributed by atoms with E-state index in [1.54, 1.807) is 0 Å². The minimum atomic E-state index is 0.454. The summed E-state index contributed by atoms with van der Waals surface area (Å²) < 4.78 is 0. The van der Waals surface area contributed by atoms with Crippen LogP contribution in [0.25, 0.3) is 0 Å². The fourth-order valence-electron chi connectivity index (χ4n) is 4.53. The molecule has 0 radical (unpaired) electrons. The van der Waals surface area contributed by atoms with Crippen molar-refractivity contribution in [1.29, 1.82) is 0 Å². The first-order valence-electron chi connectivity index (χ1n) is 11.5. The Bertz CT molecular complexity index is 884. The van der Waals surface area contributed by atoms with Gasteiger partial charge in [0.2, 0.25) is 0 Å². The quantitative estimate of drug-likeness (QED) is 0.426. The number of nitrogens with zero attached hydrogens (tertiary/aromatic N) is 3. The van der Waals surface area contributed by atoms with E-state index in [1.165, 1.54) is 16.8 Å². The molecule has 2 aliphatic heterocycles. The van der Waals surface area contributed by atoms with Crippen LogP contribution in [0, 0.1) is 0 Å². The molecule has 2 N–H and O–H groups in total. The van der Waals surface area contributed by atoms with Crippen molar-refractivity contribution in [2.24, 2.45) is 4.99 Å². The topological polar surface area (TPSA) is 42.9 Å². The molecule has 1 saturated heterocycles. The molecule has 5 nitrogen and oxygen atoms in total. The van der Waals surface area contributed by atoms with Crippen molar-refractivity contribution < 1.29 is 0 Å². The van der Waals surface area contributed by atoms with Gasteiger partial charge in [-0.1, -0.05) is 54.6 Å². The molecular formula is C26H35N5. The van der Waals surface area contributed by atoms with Gasteiger partial charge in [0.05, 0.1) is 0 Å². The molecule has 5 heteroatoms. The molecule has 2 unspecified atom stereocenters. The Morgan fingerprint density at radius 1 is 1.03 bits per heavy atom. The molecule has 2 aliphatic rings. The fraction of sp³-hybridized carbons (Fsp3) is 0.423. The molecular weight excluding hydrogens is 382 g/mol. The van der Waals surface area contributed by atoms with Gasteiger partial charge < -0.3 is 15.5 Å². The molecule has 0 saturated carbocycles. The van der Waals surface area contributed by atoms with Crippen molar-refractivity contribution in [3.05, 3.63) is 77.9 Å². The third-order valence-electron chi connectivity index (χ3n) is 6.36. The highest BCUT2D eigenvalue weighted by atomic mass is 15.2. The lowest BCUT2D eigenvalue weighted by Gasteiger charge is -2.38. The van der Waals surface area contributed by atoms with Crippen LogP contribution >= 0.6 is 0 Å². The molecule has 0 bridgehead atoms. The summed E-state index contributed by atoms with van der Waals surface area (Å²) in [6.45, 7) is 7.26. The van der Waals surface area contributed by atoms with E-state index >= 15 is 0 Å². The van der Waals surface area contributed by atoms with Crippen molar-refractivity contribution >= 4 is 11.6 Å². The number of hydrogen-bond donors (Lipinski definition) is 2. The first kappa shape index (κ1) is 21.4. The summed E-state index contributed by atoms with van der Waals surface area (Å²) in [6, 6.07) is 20.6. The molecule has 0 aromatic heterocycles. The summed E-state index contributed by atoms with van der Waals surface area (Å²) in [5, 5.41) is 7.16. The fourth-order valence-corrected chi connectivity index (χ4v) is 4.53. The van der Waals surface area contributed by atoms with E-state index in [0.717, 1.165) is 51.5 Å². The number of nitrogens with one attached hydrogen (secondary N) is 2. The van der Waals surface area contributed by atoms with E-state index in [-0.39, 0.29) is 0 Å². The number of benzene rings is 2. The number of rotatable bonds is 6. The van der Waals surface area contributed by atoms with E-state index in [9.17, 15) is 0 Å². The lowest BCUT2D eigenvalue weighted by molar-refractivity contribution is 0.134. The molecule has 1 fully saturated rings. The van der Waals surface area contributed by atoms with Crippen molar-refractivity contribution in [3.63, 3.8) is 0 Å². The van der Waals surface area contributed by atoms with Crippen molar-refractivity contribution in [3.8, 4) is 0 Å². The van der Waals surface area contributed by atoms with Gasteiger partial charge in [0.1, 0.15) is 0 Å². The second kappa shape index (κ2) is 10.5. The minimum Gasteiger partial charge on any atom is -0.364 e. The van der Waals surface area contributed by atoms with Crippen LogP contribution in [0.5, 0.6) is 0 Å². The lowest BCUT2D eigenvalue weighted by atomic mass is 9.97. The first-order valence-corrected chi connectivity index (χ1v) is 11.5. The summed E-state index contributed by atoms with van der Waals surface area (Å²) in [5.41, 5.74) is 3.95. The molecule has 0 spiro atoms. The zero-order valence-electron chi connectivity index (χ0n) is 18.8. The number of guanidine groups is 1. The predicted molar refractivity (Wildman–Crippen MR) is 130 cm³/mol. The summed E-state index contributed by atoms with van der Waals surface area (Å²) in [7, 11) is 1.86. The standard InChI is InChI=1S/C26H35N5/c1-21-17-24(13-16-31(21)20-22-9-4-3-5-10-22)29-26(27-2)28-19-23-11-8-12-25(18-23)30-14-6-7-15-30/h3-12,18,21,24H,13-17,19-20H2,1-2H3,(H2,27,28,29). The highest BCUT2D eigenvalue weighted by Crippen LogP contribution is 2.20. The second-order valence-electron chi connectivity index (χ2n) is 8.64. The Balaban J connectivity index is 1.26. The molecule has 164 valence electrons. The van der Waals surface area contributed by atoms with E-state index in [1.807, 2.05) is 7.05 Å². The van der Waals surface area contributed by atoms with Crippen LogP contribution in [-0.2, 0) is 13.1 Å². The SMILES string of the molecule is CN=C(NCc1cccc(N2CC=CC2)c1)NC1CCN(Cc2ccccc2)C(C)C1. The van der Waals surface area contributed by atoms with Crippen molar-refractivity contribution in [2.45, 2.75) is 44.9 Å². The van der Waals surface area contributed by atoms with Crippen LogP contribution in [-0.4, -0.2) is 49.6 Å². The Morgan fingerprint density at radius 2 is 1.81 bits per heavy atom. The van der Waals surface area contributed by atoms with E-state index in [0.29, 0.717) is 12.1 Å². The molecule has 4 rings (SSSR count). The molecule has 0 amide bonds. The normalized spacial score (nSPS) is 22.0. The first-order chi connectivity index (χ1) is 15.2. The Kier molecular flexibility index (Phi) is 7.26. The molecule has 2 aromatic rings. The second-order valence-corrected chi connectivity index (χ2v) is 8.64. The van der Waals surface area contributed by atoms with Crippen LogP contribution in [0.3, 0.4) is 0 Å². The van der Waals surface area contributed by atoms with Gasteiger partial charge in [-0.2, -0.15) is 0 Å². The Morgan fingerprint density at radius 3 is 2.55 bits per heavy atom. The van der Waals surface area contributed by atoms with Crippen LogP contribution in [0.4, 0.5) is 5.69 Å².